The van der Waals surface area contributed by atoms with Crippen LogP contribution in [0.4, 0.5) is 4.79 Å². The van der Waals surface area contributed by atoms with E-state index in [4.69, 9.17) is 0 Å². The Hall–Kier alpha value is -3.08. The Labute approximate surface area is 169 Å². The maximum atomic E-state index is 12.7. The van der Waals surface area contributed by atoms with Crippen LogP contribution in [0.1, 0.15) is 29.5 Å². The number of aromatic amines is 1. The lowest BCUT2D eigenvalue weighted by molar-refractivity contribution is 0.228. The molecule has 0 aliphatic heterocycles. The summed E-state index contributed by atoms with van der Waals surface area (Å²) in [6.07, 6.45) is 4.41. The molecule has 2 aromatic carbocycles. The minimum atomic E-state index is -0.152. The zero-order chi connectivity index (χ0) is 19.8. The number of H-pyrrole nitrogens is 1. The van der Waals surface area contributed by atoms with Gasteiger partial charge in [-0.05, 0) is 60.3 Å². The summed E-state index contributed by atoms with van der Waals surface area (Å²) in [6, 6.07) is 18.0. The van der Waals surface area contributed by atoms with Crippen LogP contribution in [0.25, 0.3) is 10.9 Å². The van der Waals surface area contributed by atoms with Crippen molar-refractivity contribution in [1.29, 1.82) is 0 Å². The van der Waals surface area contributed by atoms with Crippen molar-refractivity contribution >= 4 is 16.9 Å². The van der Waals surface area contributed by atoms with Gasteiger partial charge in [-0.3, -0.25) is 4.79 Å². The summed E-state index contributed by atoms with van der Waals surface area (Å²) in [5, 5.41) is 7.18. The molecule has 2 amide bonds. The molecule has 5 heteroatoms. The number of urea groups is 1. The van der Waals surface area contributed by atoms with Gasteiger partial charge >= 0.3 is 6.03 Å². The molecule has 3 aromatic rings. The Morgan fingerprint density at radius 2 is 1.62 bits per heavy atom. The standard InChI is InChI=1S/C24H25N3O2/c28-22-13-19(20-7-3-4-8-21(20)26-22)14-25-24(29)27-23-17-9-10-18(23)12-16-6-2-1-5-15(16)11-17/h1-8,13,17-18,23H,9-12,14H2,(H,26,28)(H2,25,27,29). The highest BCUT2D eigenvalue weighted by Gasteiger charge is 2.39. The predicted molar refractivity (Wildman–Crippen MR) is 114 cm³/mol. The van der Waals surface area contributed by atoms with Crippen LogP contribution in [-0.2, 0) is 19.4 Å². The molecule has 2 aliphatic carbocycles. The normalized spacial score (nSPS) is 22.7. The topological polar surface area (TPSA) is 74.0 Å². The van der Waals surface area contributed by atoms with E-state index in [2.05, 4.69) is 39.9 Å². The Bertz CT molecular complexity index is 1090. The molecule has 29 heavy (non-hydrogen) atoms. The average Bonchev–Trinajstić information content (AvgIpc) is 2.99. The monoisotopic (exact) mass is 387 g/mol. The van der Waals surface area contributed by atoms with Gasteiger partial charge in [-0.15, -0.1) is 0 Å². The summed E-state index contributed by atoms with van der Waals surface area (Å²) >= 11 is 0. The van der Waals surface area contributed by atoms with E-state index < -0.39 is 0 Å². The van der Waals surface area contributed by atoms with E-state index in [1.165, 1.54) is 24.0 Å². The average molecular weight is 387 g/mol. The molecular formula is C24H25N3O2. The molecule has 2 aliphatic rings. The molecule has 1 aromatic heterocycles. The summed E-state index contributed by atoms with van der Waals surface area (Å²) in [5.74, 6) is 0.990. The first-order valence-corrected chi connectivity index (χ1v) is 10.4. The highest BCUT2D eigenvalue weighted by atomic mass is 16.2. The third-order valence-corrected chi connectivity index (χ3v) is 6.58. The lowest BCUT2D eigenvalue weighted by Gasteiger charge is -2.24. The number of fused-ring (bicyclic) bond motifs is 4. The van der Waals surface area contributed by atoms with Crippen LogP contribution < -0.4 is 16.2 Å². The largest absolute Gasteiger partial charge is 0.335 e. The molecule has 1 fully saturated rings. The van der Waals surface area contributed by atoms with Crippen LogP contribution in [0.15, 0.2) is 59.4 Å². The van der Waals surface area contributed by atoms with Gasteiger partial charge in [0.2, 0.25) is 5.56 Å². The predicted octanol–water partition coefficient (Wildman–Crippen LogP) is 3.52. The van der Waals surface area contributed by atoms with Crippen molar-refractivity contribution in [3.05, 3.63) is 81.6 Å². The van der Waals surface area contributed by atoms with Gasteiger partial charge in [0.25, 0.3) is 0 Å². The van der Waals surface area contributed by atoms with Crippen molar-refractivity contribution < 1.29 is 4.79 Å². The van der Waals surface area contributed by atoms with Gasteiger partial charge in [0.15, 0.2) is 0 Å². The van der Waals surface area contributed by atoms with Crippen LogP contribution in [0.2, 0.25) is 0 Å². The molecule has 2 bridgehead atoms. The van der Waals surface area contributed by atoms with Gasteiger partial charge in [-0.2, -0.15) is 0 Å². The zero-order valence-corrected chi connectivity index (χ0v) is 16.3. The molecule has 3 N–H and O–H groups in total. The van der Waals surface area contributed by atoms with E-state index in [0.717, 1.165) is 29.3 Å². The fraction of sp³-hybridized carbons (Fsp3) is 0.333. The second-order valence-corrected chi connectivity index (χ2v) is 8.33. The maximum Gasteiger partial charge on any atom is 0.315 e. The molecule has 0 radical (unpaired) electrons. The number of amides is 2. The summed E-state index contributed by atoms with van der Waals surface area (Å²) in [5.41, 5.74) is 4.33. The Kier molecular flexibility index (Phi) is 4.58. The highest BCUT2D eigenvalue weighted by Crippen LogP contribution is 2.40. The SMILES string of the molecule is O=C(NCc1cc(=O)[nH]c2ccccc12)NC1C2CCC1Cc1ccccc1C2. The highest BCUT2D eigenvalue weighted by molar-refractivity contribution is 5.82. The van der Waals surface area contributed by atoms with E-state index in [1.54, 1.807) is 6.07 Å². The molecule has 2 unspecified atom stereocenters. The van der Waals surface area contributed by atoms with Gasteiger partial charge in [0.1, 0.15) is 0 Å². The molecular weight excluding hydrogens is 362 g/mol. The number of carbonyl (C=O) groups is 1. The number of nitrogens with one attached hydrogen (secondary N) is 3. The van der Waals surface area contributed by atoms with Crippen molar-refractivity contribution in [3.63, 3.8) is 0 Å². The van der Waals surface area contributed by atoms with Crippen molar-refractivity contribution in [2.75, 3.05) is 0 Å². The van der Waals surface area contributed by atoms with Crippen LogP contribution in [0.5, 0.6) is 0 Å². The summed E-state index contributed by atoms with van der Waals surface area (Å²) in [6.45, 7) is 0.332. The van der Waals surface area contributed by atoms with Crippen molar-refractivity contribution in [3.8, 4) is 0 Å². The molecule has 0 spiro atoms. The first-order valence-electron chi connectivity index (χ1n) is 10.4. The smallest absolute Gasteiger partial charge is 0.315 e. The minimum Gasteiger partial charge on any atom is -0.335 e. The fourth-order valence-electron chi connectivity index (χ4n) is 5.19. The number of para-hydroxylation sites is 1. The number of hydrogen-bond donors (Lipinski definition) is 3. The number of carbonyl (C=O) groups excluding carboxylic acids is 1. The van der Waals surface area contributed by atoms with E-state index in [0.29, 0.717) is 18.4 Å². The van der Waals surface area contributed by atoms with E-state index >= 15 is 0 Å². The lowest BCUT2D eigenvalue weighted by atomic mass is 9.94. The van der Waals surface area contributed by atoms with Crippen LogP contribution in [0, 0.1) is 11.8 Å². The molecule has 5 rings (SSSR count). The molecule has 1 heterocycles. The first-order chi connectivity index (χ1) is 14.2. The van der Waals surface area contributed by atoms with Gasteiger partial charge in [0.05, 0.1) is 0 Å². The minimum absolute atomic E-state index is 0.151. The molecule has 148 valence electrons. The summed E-state index contributed by atoms with van der Waals surface area (Å²) in [7, 11) is 0. The van der Waals surface area contributed by atoms with E-state index in [-0.39, 0.29) is 17.6 Å². The number of aromatic nitrogens is 1. The molecule has 0 saturated heterocycles. The lowest BCUT2D eigenvalue weighted by Crippen LogP contribution is -2.46. The Morgan fingerprint density at radius 3 is 2.34 bits per heavy atom. The second-order valence-electron chi connectivity index (χ2n) is 8.33. The summed E-state index contributed by atoms with van der Waals surface area (Å²) in [4.78, 5) is 27.5. The third kappa shape index (κ3) is 3.53. The number of pyridine rings is 1. The van der Waals surface area contributed by atoms with Crippen molar-refractivity contribution in [1.82, 2.24) is 15.6 Å². The molecule has 2 atom stereocenters. The molecule has 1 saturated carbocycles. The van der Waals surface area contributed by atoms with Crippen molar-refractivity contribution in [2.45, 2.75) is 38.3 Å². The van der Waals surface area contributed by atoms with Gasteiger partial charge in [-0.1, -0.05) is 42.5 Å². The number of benzene rings is 2. The fourth-order valence-corrected chi connectivity index (χ4v) is 5.19. The van der Waals surface area contributed by atoms with E-state index in [9.17, 15) is 9.59 Å². The summed E-state index contributed by atoms with van der Waals surface area (Å²) < 4.78 is 0. The van der Waals surface area contributed by atoms with Gasteiger partial charge in [0, 0.05) is 29.6 Å². The van der Waals surface area contributed by atoms with Crippen molar-refractivity contribution in [2.24, 2.45) is 11.8 Å². The quantitative estimate of drug-likeness (QED) is 0.643. The van der Waals surface area contributed by atoms with Crippen LogP contribution >= 0.6 is 0 Å². The first kappa shape index (κ1) is 18.0. The maximum absolute atomic E-state index is 12.7. The van der Waals surface area contributed by atoms with Crippen LogP contribution in [0.3, 0.4) is 0 Å². The number of hydrogen-bond acceptors (Lipinski definition) is 2. The van der Waals surface area contributed by atoms with Gasteiger partial charge in [-0.25, -0.2) is 4.79 Å². The van der Waals surface area contributed by atoms with E-state index in [1.807, 2.05) is 24.3 Å². The number of rotatable bonds is 3. The molecule has 5 nitrogen and oxygen atoms in total. The van der Waals surface area contributed by atoms with Gasteiger partial charge < -0.3 is 15.6 Å². The Balaban J connectivity index is 1.28. The van der Waals surface area contributed by atoms with Crippen LogP contribution in [-0.4, -0.2) is 17.1 Å². The Morgan fingerprint density at radius 1 is 0.966 bits per heavy atom. The third-order valence-electron chi connectivity index (χ3n) is 6.58. The zero-order valence-electron chi connectivity index (χ0n) is 16.3. The second kappa shape index (κ2) is 7.39.